The first kappa shape index (κ1) is 14.2. The van der Waals surface area contributed by atoms with Crippen molar-refractivity contribution in [2.45, 2.75) is 6.92 Å². The predicted octanol–water partition coefficient (Wildman–Crippen LogP) is 3.33. The Hall–Kier alpha value is -2.20. The van der Waals surface area contributed by atoms with Crippen molar-refractivity contribution >= 4 is 34.6 Å². The number of carbonyl (C=O) groups is 1. The summed E-state index contributed by atoms with van der Waals surface area (Å²) in [6.45, 7) is 1.95. The molecule has 0 aliphatic heterocycles. The van der Waals surface area contributed by atoms with Crippen molar-refractivity contribution in [2.24, 2.45) is 0 Å². The maximum Gasteiger partial charge on any atom is 0.253 e. The van der Waals surface area contributed by atoms with E-state index in [4.69, 9.17) is 17.3 Å². The Labute approximate surface area is 122 Å². The topological polar surface area (TPSA) is 67.2 Å². The SMILES string of the molecule is CNC(=O)c1cc(N)ccc1Nc1ccc(Cl)cc1C. The van der Waals surface area contributed by atoms with E-state index in [2.05, 4.69) is 10.6 Å². The van der Waals surface area contributed by atoms with Gasteiger partial charge in [0.05, 0.1) is 11.3 Å². The number of carbonyl (C=O) groups excluding carboxylic acids is 1. The lowest BCUT2D eigenvalue weighted by Gasteiger charge is -2.14. The van der Waals surface area contributed by atoms with Gasteiger partial charge in [-0.2, -0.15) is 0 Å². The van der Waals surface area contributed by atoms with Gasteiger partial charge in [0, 0.05) is 23.4 Å². The van der Waals surface area contributed by atoms with E-state index in [0.717, 1.165) is 11.3 Å². The van der Waals surface area contributed by atoms with Crippen molar-refractivity contribution < 1.29 is 4.79 Å². The Morgan fingerprint density at radius 1 is 1.15 bits per heavy atom. The molecule has 0 aliphatic rings. The van der Waals surface area contributed by atoms with Gasteiger partial charge in [-0.15, -0.1) is 0 Å². The summed E-state index contributed by atoms with van der Waals surface area (Å²) in [6.07, 6.45) is 0. The van der Waals surface area contributed by atoms with E-state index < -0.39 is 0 Å². The average Bonchev–Trinajstić information content (AvgIpc) is 2.42. The standard InChI is InChI=1S/C15H16ClN3O/c1-9-7-10(16)3-5-13(9)19-14-6-4-11(17)8-12(14)15(20)18-2/h3-8,19H,17H2,1-2H3,(H,18,20). The van der Waals surface area contributed by atoms with E-state index >= 15 is 0 Å². The summed E-state index contributed by atoms with van der Waals surface area (Å²) in [4.78, 5) is 11.9. The molecule has 0 saturated heterocycles. The minimum Gasteiger partial charge on any atom is -0.399 e. The van der Waals surface area contributed by atoms with Crippen molar-refractivity contribution in [1.29, 1.82) is 0 Å². The van der Waals surface area contributed by atoms with Crippen LogP contribution in [0.25, 0.3) is 0 Å². The van der Waals surface area contributed by atoms with Crippen molar-refractivity contribution in [1.82, 2.24) is 5.32 Å². The highest BCUT2D eigenvalue weighted by molar-refractivity contribution is 6.30. The van der Waals surface area contributed by atoms with Crippen LogP contribution in [0.5, 0.6) is 0 Å². The number of halogens is 1. The first-order valence-corrected chi connectivity index (χ1v) is 6.54. The number of amides is 1. The first-order valence-electron chi connectivity index (χ1n) is 6.16. The molecule has 2 aromatic rings. The molecule has 2 aromatic carbocycles. The van der Waals surface area contributed by atoms with Crippen LogP contribution in [0.1, 0.15) is 15.9 Å². The monoisotopic (exact) mass is 289 g/mol. The molecule has 2 rings (SSSR count). The maximum absolute atomic E-state index is 11.9. The Balaban J connectivity index is 2.40. The van der Waals surface area contributed by atoms with Crippen molar-refractivity contribution in [3.8, 4) is 0 Å². The fraction of sp³-hybridized carbons (Fsp3) is 0.133. The molecule has 0 aliphatic carbocycles. The second-order valence-electron chi connectivity index (χ2n) is 4.47. The van der Waals surface area contributed by atoms with Crippen LogP contribution in [0.2, 0.25) is 5.02 Å². The largest absolute Gasteiger partial charge is 0.399 e. The molecule has 1 amide bonds. The summed E-state index contributed by atoms with van der Waals surface area (Å²) in [5.41, 5.74) is 9.37. The second kappa shape index (κ2) is 5.84. The molecule has 4 N–H and O–H groups in total. The van der Waals surface area contributed by atoms with Gasteiger partial charge >= 0.3 is 0 Å². The lowest BCUT2D eigenvalue weighted by Crippen LogP contribution is -2.19. The van der Waals surface area contributed by atoms with Crippen LogP contribution in [-0.4, -0.2) is 13.0 Å². The van der Waals surface area contributed by atoms with Crippen LogP contribution in [0.3, 0.4) is 0 Å². The third-order valence-corrected chi connectivity index (χ3v) is 3.21. The second-order valence-corrected chi connectivity index (χ2v) is 4.90. The van der Waals surface area contributed by atoms with Gasteiger partial charge in [0.1, 0.15) is 0 Å². The number of aryl methyl sites for hydroxylation is 1. The van der Waals surface area contributed by atoms with E-state index in [1.807, 2.05) is 19.1 Å². The number of rotatable bonds is 3. The molecule has 0 fully saturated rings. The Morgan fingerprint density at radius 2 is 1.85 bits per heavy atom. The van der Waals surface area contributed by atoms with Crippen LogP contribution < -0.4 is 16.4 Å². The summed E-state index contributed by atoms with van der Waals surface area (Å²) in [6, 6.07) is 10.7. The fourth-order valence-electron chi connectivity index (χ4n) is 1.91. The van der Waals surface area contributed by atoms with Crippen molar-refractivity contribution in [3.05, 3.63) is 52.5 Å². The summed E-state index contributed by atoms with van der Waals surface area (Å²) >= 11 is 5.94. The molecule has 0 heterocycles. The highest BCUT2D eigenvalue weighted by Crippen LogP contribution is 2.27. The zero-order chi connectivity index (χ0) is 14.7. The first-order chi connectivity index (χ1) is 9.51. The zero-order valence-corrected chi connectivity index (χ0v) is 12.1. The zero-order valence-electron chi connectivity index (χ0n) is 11.3. The van der Waals surface area contributed by atoms with E-state index in [9.17, 15) is 4.79 Å². The van der Waals surface area contributed by atoms with Gasteiger partial charge < -0.3 is 16.4 Å². The minimum absolute atomic E-state index is 0.189. The van der Waals surface area contributed by atoms with Gasteiger partial charge in [0.2, 0.25) is 0 Å². The van der Waals surface area contributed by atoms with Crippen molar-refractivity contribution in [3.63, 3.8) is 0 Å². The summed E-state index contributed by atoms with van der Waals surface area (Å²) in [7, 11) is 1.59. The van der Waals surface area contributed by atoms with Crippen LogP contribution in [0, 0.1) is 6.92 Å². The summed E-state index contributed by atoms with van der Waals surface area (Å²) in [5, 5.41) is 6.52. The molecule has 0 bridgehead atoms. The maximum atomic E-state index is 11.9. The van der Waals surface area contributed by atoms with Gasteiger partial charge in [0.15, 0.2) is 0 Å². The lowest BCUT2D eigenvalue weighted by atomic mass is 10.1. The molecular formula is C15H16ClN3O. The Morgan fingerprint density at radius 3 is 2.50 bits per heavy atom. The van der Waals surface area contributed by atoms with Gasteiger partial charge in [-0.1, -0.05) is 11.6 Å². The molecule has 0 radical (unpaired) electrons. The molecule has 0 aromatic heterocycles. The number of nitrogens with one attached hydrogen (secondary N) is 2. The van der Waals surface area contributed by atoms with Crippen LogP contribution >= 0.6 is 11.6 Å². The molecule has 0 atom stereocenters. The molecule has 0 saturated carbocycles. The molecule has 104 valence electrons. The average molecular weight is 290 g/mol. The number of nitrogen functional groups attached to an aromatic ring is 1. The molecule has 20 heavy (non-hydrogen) atoms. The predicted molar refractivity (Wildman–Crippen MR) is 83.7 cm³/mol. The van der Waals surface area contributed by atoms with Crippen LogP contribution in [0.15, 0.2) is 36.4 Å². The van der Waals surface area contributed by atoms with Gasteiger partial charge in [-0.3, -0.25) is 4.79 Å². The highest BCUT2D eigenvalue weighted by Gasteiger charge is 2.11. The van der Waals surface area contributed by atoms with E-state index in [1.165, 1.54) is 0 Å². The third kappa shape index (κ3) is 3.03. The Kier molecular flexibility index (Phi) is 4.15. The smallest absolute Gasteiger partial charge is 0.253 e. The number of hydrogen-bond acceptors (Lipinski definition) is 3. The van der Waals surface area contributed by atoms with Gasteiger partial charge in [0.25, 0.3) is 5.91 Å². The van der Waals surface area contributed by atoms with E-state index in [0.29, 0.717) is 22.0 Å². The summed E-state index contributed by atoms with van der Waals surface area (Å²) in [5.74, 6) is -0.189. The number of anilines is 3. The van der Waals surface area contributed by atoms with Crippen LogP contribution in [-0.2, 0) is 0 Å². The summed E-state index contributed by atoms with van der Waals surface area (Å²) < 4.78 is 0. The molecule has 5 heteroatoms. The molecule has 0 unspecified atom stereocenters. The number of benzene rings is 2. The minimum atomic E-state index is -0.189. The van der Waals surface area contributed by atoms with Gasteiger partial charge in [-0.05, 0) is 48.9 Å². The lowest BCUT2D eigenvalue weighted by molar-refractivity contribution is 0.0964. The normalized spacial score (nSPS) is 10.2. The number of hydrogen-bond donors (Lipinski definition) is 3. The van der Waals surface area contributed by atoms with E-state index in [1.54, 1.807) is 31.3 Å². The van der Waals surface area contributed by atoms with E-state index in [-0.39, 0.29) is 5.91 Å². The fourth-order valence-corrected chi connectivity index (χ4v) is 2.13. The number of nitrogens with two attached hydrogens (primary N) is 1. The molecular weight excluding hydrogens is 274 g/mol. The van der Waals surface area contributed by atoms with Gasteiger partial charge in [-0.25, -0.2) is 0 Å². The van der Waals surface area contributed by atoms with Crippen LogP contribution in [0.4, 0.5) is 17.1 Å². The van der Waals surface area contributed by atoms with Crippen molar-refractivity contribution in [2.75, 3.05) is 18.1 Å². The molecule has 4 nitrogen and oxygen atoms in total. The molecule has 0 spiro atoms. The third-order valence-electron chi connectivity index (χ3n) is 2.97. The quantitative estimate of drug-likeness (QED) is 0.759. The highest BCUT2D eigenvalue weighted by atomic mass is 35.5. The Bertz CT molecular complexity index is 656.